The molecule has 0 radical (unpaired) electrons. The van der Waals surface area contributed by atoms with Crippen LogP contribution in [0.3, 0.4) is 0 Å². The normalized spacial score (nSPS) is 11.9. The van der Waals surface area contributed by atoms with E-state index in [1.54, 1.807) is 0 Å². The molecule has 1 heterocycles. The summed E-state index contributed by atoms with van der Waals surface area (Å²) in [5.41, 5.74) is 9.14. The highest BCUT2D eigenvalue weighted by molar-refractivity contribution is 7.18. The third kappa shape index (κ3) is 3.76. The van der Waals surface area contributed by atoms with Crippen molar-refractivity contribution < 1.29 is 4.79 Å². The molecule has 2 N–H and O–H groups in total. The van der Waals surface area contributed by atoms with Gasteiger partial charge in [0.2, 0.25) is 0 Å². The second kappa shape index (κ2) is 6.23. The van der Waals surface area contributed by atoms with E-state index in [1.807, 2.05) is 25.1 Å². The number of Topliss-reactive ketones (excluding diaryl/α,β-unsaturated/α-hetero) is 1. The Hall–Kier alpha value is -1.65. The van der Waals surface area contributed by atoms with Crippen LogP contribution < -0.4 is 5.73 Å². The van der Waals surface area contributed by atoms with Crippen LogP contribution in [0.25, 0.3) is 10.4 Å². The lowest BCUT2D eigenvalue weighted by molar-refractivity contribution is 0.0962. The Labute approximate surface area is 136 Å². The number of nitrogen functional groups attached to an aromatic ring is 1. The van der Waals surface area contributed by atoms with Crippen molar-refractivity contribution in [3.63, 3.8) is 0 Å². The second-order valence-corrected chi connectivity index (χ2v) is 7.94. The largest absolute Gasteiger partial charge is 0.397 e. The van der Waals surface area contributed by atoms with Crippen LogP contribution in [-0.2, 0) is 5.41 Å². The van der Waals surface area contributed by atoms with E-state index in [4.69, 9.17) is 5.73 Å². The number of nitrogens with two attached hydrogens (primary N) is 1. The van der Waals surface area contributed by atoms with E-state index in [2.05, 4.69) is 45.0 Å². The maximum atomic E-state index is 12.2. The van der Waals surface area contributed by atoms with Crippen molar-refractivity contribution in [3.8, 4) is 10.4 Å². The van der Waals surface area contributed by atoms with Crippen molar-refractivity contribution in [1.82, 2.24) is 4.90 Å². The van der Waals surface area contributed by atoms with Crippen molar-refractivity contribution in [1.29, 1.82) is 0 Å². The minimum atomic E-state index is 0.0741. The van der Waals surface area contributed by atoms with Gasteiger partial charge in [-0.2, -0.15) is 0 Å². The highest BCUT2D eigenvalue weighted by Crippen LogP contribution is 2.34. The molecule has 3 nitrogen and oxygen atoms in total. The maximum Gasteiger partial charge on any atom is 0.188 e. The van der Waals surface area contributed by atoms with Crippen LogP contribution in [0.5, 0.6) is 0 Å². The van der Waals surface area contributed by atoms with E-state index in [0.29, 0.717) is 17.1 Å². The molecular weight excluding hydrogens is 292 g/mol. The number of anilines is 1. The molecule has 2 aromatic rings. The monoisotopic (exact) mass is 316 g/mol. The van der Waals surface area contributed by atoms with Gasteiger partial charge in [0.05, 0.1) is 17.1 Å². The molecule has 118 valence electrons. The smallest absolute Gasteiger partial charge is 0.188 e. The van der Waals surface area contributed by atoms with Crippen molar-refractivity contribution in [2.45, 2.75) is 26.2 Å². The first-order valence-electron chi connectivity index (χ1n) is 7.36. The summed E-state index contributed by atoms with van der Waals surface area (Å²) in [5.74, 6) is 0.0741. The molecule has 1 aromatic carbocycles. The Morgan fingerprint density at radius 1 is 1.18 bits per heavy atom. The van der Waals surface area contributed by atoms with Crippen molar-refractivity contribution in [2.24, 2.45) is 0 Å². The van der Waals surface area contributed by atoms with Crippen LogP contribution in [0.2, 0.25) is 0 Å². The Kier molecular flexibility index (Phi) is 4.73. The predicted octanol–water partition coefficient (Wildman–Crippen LogP) is 4.04. The fourth-order valence-electron chi connectivity index (χ4n) is 2.26. The third-order valence-electron chi connectivity index (χ3n) is 3.51. The maximum absolute atomic E-state index is 12.2. The van der Waals surface area contributed by atoms with Gasteiger partial charge in [0.15, 0.2) is 5.78 Å². The molecule has 0 amide bonds. The molecule has 1 aromatic heterocycles. The molecule has 0 saturated carbocycles. The van der Waals surface area contributed by atoms with Gasteiger partial charge in [-0.15, -0.1) is 11.3 Å². The van der Waals surface area contributed by atoms with Gasteiger partial charge < -0.3 is 10.6 Å². The van der Waals surface area contributed by atoms with E-state index >= 15 is 0 Å². The van der Waals surface area contributed by atoms with E-state index < -0.39 is 0 Å². The molecule has 22 heavy (non-hydrogen) atoms. The molecule has 4 heteroatoms. The average Bonchev–Trinajstić information content (AvgIpc) is 2.79. The lowest BCUT2D eigenvalue weighted by atomic mass is 9.86. The number of carbonyl (C=O) groups excluding carboxylic acids is 1. The summed E-state index contributed by atoms with van der Waals surface area (Å²) >= 11 is 1.47. The van der Waals surface area contributed by atoms with Crippen LogP contribution in [0.4, 0.5) is 5.69 Å². The van der Waals surface area contributed by atoms with E-state index in [0.717, 1.165) is 10.4 Å². The summed E-state index contributed by atoms with van der Waals surface area (Å²) in [6.45, 7) is 6.97. The number of hydrogen-bond donors (Lipinski definition) is 1. The first-order chi connectivity index (χ1) is 10.2. The van der Waals surface area contributed by atoms with Crippen LogP contribution in [0.15, 0.2) is 30.3 Å². The van der Waals surface area contributed by atoms with Crippen LogP contribution >= 0.6 is 11.3 Å². The fraction of sp³-hybridized carbons (Fsp3) is 0.389. The minimum Gasteiger partial charge on any atom is -0.397 e. The Morgan fingerprint density at radius 2 is 1.77 bits per heavy atom. The number of benzene rings is 1. The highest BCUT2D eigenvalue weighted by Gasteiger charge is 2.17. The number of rotatable bonds is 4. The molecule has 0 saturated heterocycles. The van der Waals surface area contributed by atoms with Crippen LogP contribution in [-0.4, -0.2) is 31.3 Å². The Bertz CT molecular complexity index is 663. The van der Waals surface area contributed by atoms with Gasteiger partial charge in [0, 0.05) is 4.88 Å². The quantitative estimate of drug-likeness (QED) is 0.866. The summed E-state index contributed by atoms with van der Waals surface area (Å²) in [5, 5.41) is 0. The van der Waals surface area contributed by atoms with E-state index in [9.17, 15) is 4.79 Å². The number of nitrogens with zero attached hydrogens (tertiary/aromatic N) is 1. The molecule has 0 aliphatic heterocycles. The Morgan fingerprint density at radius 3 is 2.27 bits per heavy atom. The highest BCUT2D eigenvalue weighted by atomic mass is 32.1. The molecule has 0 fully saturated rings. The standard InChI is InChI=1S/C18H24N2OS/c1-18(2,3)13-8-6-12(7-9-13)16-10-14(19)17(22-16)15(21)11-20(4)5/h6-10H,11,19H2,1-5H3. The van der Waals surface area contributed by atoms with Gasteiger partial charge >= 0.3 is 0 Å². The van der Waals surface area contributed by atoms with E-state index in [-0.39, 0.29) is 11.2 Å². The minimum absolute atomic E-state index is 0.0741. The first kappa shape index (κ1) is 16.7. The summed E-state index contributed by atoms with van der Waals surface area (Å²) in [6.07, 6.45) is 0. The van der Waals surface area contributed by atoms with Crippen molar-refractivity contribution in [3.05, 3.63) is 40.8 Å². The third-order valence-corrected chi connectivity index (χ3v) is 4.75. The SMILES string of the molecule is CN(C)CC(=O)c1sc(-c2ccc(C(C)(C)C)cc2)cc1N. The Balaban J connectivity index is 2.29. The second-order valence-electron chi connectivity index (χ2n) is 6.88. The molecule has 0 unspecified atom stereocenters. The number of hydrogen-bond acceptors (Lipinski definition) is 4. The van der Waals surface area contributed by atoms with Crippen molar-refractivity contribution >= 4 is 22.8 Å². The molecular formula is C18H24N2OS. The van der Waals surface area contributed by atoms with Crippen LogP contribution in [0, 0.1) is 0 Å². The lowest BCUT2D eigenvalue weighted by Gasteiger charge is -2.18. The molecule has 0 aliphatic carbocycles. The van der Waals surface area contributed by atoms with Gasteiger partial charge in [0.1, 0.15) is 0 Å². The topological polar surface area (TPSA) is 46.3 Å². The molecule has 2 rings (SSSR count). The average molecular weight is 316 g/mol. The van der Waals surface area contributed by atoms with Crippen LogP contribution in [0.1, 0.15) is 36.0 Å². The number of carbonyl (C=O) groups is 1. The number of ketones is 1. The molecule has 0 atom stereocenters. The summed E-state index contributed by atoms with van der Waals surface area (Å²) in [4.78, 5) is 15.8. The zero-order valence-electron chi connectivity index (χ0n) is 13.9. The zero-order chi connectivity index (χ0) is 16.5. The lowest BCUT2D eigenvalue weighted by Crippen LogP contribution is -2.21. The van der Waals surface area contributed by atoms with Gasteiger partial charge in [-0.05, 0) is 36.7 Å². The molecule has 0 aliphatic rings. The summed E-state index contributed by atoms with van der Waals surface area (Å²) in [7, 11) is 3.77. The number of thiophene rings is 1. The van der Waals surface area contributed by atoms with Gasteiger partial charge in [-0.3, -0.25) is 4.79 Å². The predicted molar refractivity (Wildman–Crippen MR) is 95.8 cm³/mol. The summed E-state index contributed by atoms with van der Waals surface area (Å²) < 4.78 is 0. The number of likely N-dealkylation sites (N-methyl/N-ethyl adjacent to an activating group) is 1. The summed E-state index contributed by atoms with van der Waals surface area (Å²) in [6, 6.07) is 10.4. The van der Waals surface area contributed by atoms with Gasteiger partial charge in [-0.1, -0.05) is 45.0 Å². The van der Waals surface area contributed by atoms with Crippen molar-refractivity contribution in [2.75, 3.05) is 26.4 Å². The molecule has 0 spiro atoms. The molecule has 0 bridgehead atoms. The van der Waals surface area contributed by atoms with Gasteiger partial charge in [0.25, 0.3) is 0 Å². The van der Waals surface area contributed by atoms with E-state index in [1.165, 1.54) is 16.9 Å². The zero-order valence-corrected chi connectivity index (χ0v) is 14.8. The first-order valence-corrected chi connectivity index (χ1v) is 8.18. The van der Waals surface area contributed by atoms with Gasteiger partial charge in [-0.25, -0.2) is 0 Å². The fourth-order valence-corrected chi connectivity index (χ4v) is 3.27.